The summed E-state index contributed by atoms with van der Waals surface area (Å²) in [6.07, 6.45) is 4.18. The maximum absolute atomic E-state index is 10.9. The van der Waals surface area contributed by atoms with E-state index in [4.69, 9.17) is 9.47 Å². The lowest BCUT2D eigenvalue weighted by molar-refractivity contribution is -0.145. The van der Waals surface area contributed by atoms with Crippen LogP contribution >= 0.6 is 0 Å². The Morgan fingerprint density at radius 1 is 1.50 bits per heavy atom. The van der Waals surface area contributed by atoms with E-state index < -0.39 is 5.97 Å². The Morgan fingerprint density at radius 2 is 2.25 bits per heavy atom. The highest BCUT2D eigenvalue weighted by atomic mass is 16.6. The van der Waals surface area contributed by atoms with Crippen molar-refractivity contribution in [1.29, 1.82) is 0 Å². The van der Waals surface area contributed by atoms with Crippen molar-refractivity contribution in [2.45, 2.75) is 12.5 Å². The smallest absolute Gasteiger partial charge is 0.343 e. The molecule has 5 heteroatoms. The molecule has 1 unspecified atom stereocenters. The van der Waals surface area contributed by atoms with Crippen molar-refractivity contribution < 1.29 is 23.8 Å². The first kappa shape index (κ1) is 12.4. The molecule has 0 amide bonds. The van der Waals surface area contributed by atoms with Crippen LogP contribution in [0.25, 0.3) is 0 Å². The zero-order chi connectivity index (χ0) is 12.0. The first-order chi connectivity index (χ1) is 7.71. The topological polar surface area (TPSA) is 61.8 Å². The summed E-state index contributed by atoms with van der Waals surface area (Å²) in [5.41, 5.74) is 0.636. The average molecular weight is 226 g/mol. The van der Waals surface area contributed by atoms with Gasteiger partial charge in [-0.25, -0.2) is 4.79 Å². The van der Waals surface area contributed by atoms with Crippen LogP contribution in [0.1, 0.15) is 6.42 Å². The molecule has 1 aliphatic rings. The molecule has 1 rings (SSSR count). The van der Waals surface area contributed by atoms with Crippen LogP contribution in [0.2, 0.25) is 0 Å². The van der Waals surface area contributed by atoms with Gasteiger partial charge in [0.2, 0.25) is 0 Å². The van der Waals surface area contributed by atoms with E-state index >= 15 is 0 Å². The molecule has 5 nitrogen and oxygen atoms in total. The van der Waals surface area contributed by atoms with E-state index in [1.807, 2.05) is 0 Å². The van der Waals surface area contributed by atoms with Crippen LogP contribution in [-0.2, 0) is 23.8 Å². The summed E-state index contributed by atoms with van der Waals surface area (Å²) in [4.78, 5) is 21.5. The molecule has 0 saturated heterocycles. The van der Waals surface area contributed by atoms with Crippen LogP contribution in [0, 0.1) is 0 Å². The van der Waals surface area contributed by atoms with Gasteiger partial charge in [-0.1, -0.05) is 6.08 Å². The molecular formula is C11H14O5. The lowest BCUT2D eigenvalue weighted by Gasteiger charge is -2.21. The van der Waals surface area contributed by atoms with Gasteiger partial charge in [-0.05, 0) is 11.6 Å². The van der Waals surface area contributed by atoms with Crippen molar-refractivity contribution in [3.8, 4) is 0 Å². The second-order valence-corrected chi connectivity index (χ2v) is 3.22. The summed E-state index contributed by atoms with van der Waals surface area (Å²) < 4.78 is 14.8. The van der Waals surface area contributed by atoms with Gasteiger partial charge in [0.15, 0.2) is 6.61 Å². The zero-order valence-corrected chi connectivity index (χ0v) is 9.26. The minimum atomic E-state index is -0.457. The summed E-state index contributed by atoms with van der Waals surface area (Å²) in [5, 5.41) is 0. The van der Waals surface area contributed by atoms with E-state index in [1.165, 1.54) is 14.2 Å². The van der Waals surface area contributed by atoms with Gasteiger partial charge < -0.3 is 14.2 Å². The Kier molecular flexibility index (Phi) is 4.72. The van der Waals surface area contributed by atoms with Gasteiger partial charge in [-0.2, -0.15) is 0 Å². The quantitative estimate of drug-likeness (QED) is 0.507. The summed E-state index contributed by atoms with van der Waals surface area (Å²) in [6.45, 7) is -0.160. The Balaban J connectivity index is 2.62. The largest absolute Gasteiger partial charge is 0.483 e. The van der Waals surface area contributed by atoms with Crippen molar-refractivity contribution in [3.05, 3.63) is 23.5 Å². The summed E-state index contributed by atoms with van der Waals surface area (Å²) in [6, 6.07) is 0. The average Bonchev–Trinajstić information content (AvgIpc) is 2.35. The summed E-state index contributed by atoms with van der Waals surface area (Å²) in [7, 11) is 2.81. The molecule has 0 radical (unpaired) electrons. The lowest BCUT2D eigenvalue weighted by Crippen LogP contribution is -2.22. The number of methoxy groups -OCH3 is 2. The number of esters is 1. The van der Waals surface area contributed by atoms with Crippen LogP contribution in [0.4, 0.5) is 0 Å². The molecule has 0 aromatic carbocycles. The van der Waals surface area contributed by atoms with E-state index in [9.17, 15) is 9.59 Å². The van der Waals surface area contributed by atoms with E-state index in [0.717, 1.165) is 6.29 Å². The van der Waals surface area contributed by atoms with Gasteiger partial charge >= 0.3 is 5.97 Å². The third-order valence-corrected chi connectivity index (χ3v) is 2.22. The van der Waals surface area contributed by atoms with Crippen LogP contribution in [0.5, 0.6) is 0 Å². The maximum Gasteiger partial charge on any atom is 0.343 e. The number of carbonyl (C=O) groups is 2. The fourth-order valence-electron chi connectivity index (χ4n) is 1.31. The van der Waals surface area contributed by atoms with E-state index in [1.54, 1.807) is 12.2 Å². The first-order valence-electron chi connectivity index (χ1n) is 4.79. The predicted molar refractivity (Wildman–Crippen MR) is 55.6 cm³/mol. The molecule has 0 bridgehead atoms. The van der Waals surface area contributed by atoms with Crippen molar-refractivity contribution in [3.63, 3.8) is 0 Å². The second-order valence-electron chi connectivity index (χ2n) is 3.22. The monoisotopic (exact) mass is 226 g/mol. The number of hydrogen-bond donors (Lipinski definition) is 0. The van der Waals surface area contributed by atoms with Gasteiger partial charge in [-0.3, -0.25) is 4.79 Å². The first-order valence-corrected chi connectivity index (χ1v) is 4.79. The van der Waals surface area contributed by atoms with Crippen LogP contribution in [0.3, 0.4) is 0 Å². The molecule has 0 saturated carbocycles. The molecule has 1 aliphatic carbocycles. The number of hydrogen-bond acceptors (Lipinski definition) is 5. The number of carbonyl (C=O) groups excluding carboxylic acids is 2. The number of rotatable bonds is 5. The highest BCUT2D eigenvalue weighted by Gasteiger charge is 2.20. The third-order valence-electron chi connectivity index (χ3n) is 2.22. The van der Waals surface area contributed by atoms with Crippen molar-refractivity contribution in [1.82, 2.24) is 0 Å². The zero-order valence-electron chi connectivity index (χ0n) is 9.26. The Morgan fingerprint density at radius 3 is 2.81 bits per heavy atom. The van der Waals surface area contributed by atoms with Gasteiger partial charge in [-0.15, -0.1) is 0 Å². The second kappa shape index (κ2) is 6.07. The Bertz CT molecular complexity index is 329. The number of aldehydes is 1. The molecule has 0 aliphatic heterocycles. The van der Waals surface area contributed by atoms with E-state index in [0.29, 0.717) is 17.8 Å². The molecule has 0 aromatic rings. The van der Waals surface area contributed by atoms with Crippen LogP contribution in [0.15, 0.2) is 23.5 Å². The molecule has 0 N–H and O–H groups in total. The standard InChI is InChI=1S/C11H14O5/c1-14-10-5-8(6-12)3-4-9(10)16-7-11(13)15-2/h3-4,6,10H,5,7H2,1-2H3. The highest BCUT2D eigenvalue weighted by Crippen LogP contribution is 2.21. The summed E-state index contributed by atoms with van der Waals surface area (Å²) >= 11 is 0. The minimum absolute atomic E-state index is 0.160. The number of ether oxygens (including phenoxy) is 3. The highest BCUT2D eigenvalue weighted by molar-refractivity contribution is 5.74. The molecule has 88 valence electrons. The molecule has 16 heavy (non-hydrogen) atoms. The van der Waals surface area contributed by atoms with Gasteiger partial charge in [0.1, 0.15) is 18.1 Å². The Hall–Kier alpha value is -1.62. The van der Waals surface area contributed by atoms with Crippen LogP contribution in [-0.4, -0.2) is 39.2 Å². The van der Waals surface area contributed by atoms with Crippen LogP contribution < -0.4 is 0 Å². The number of allylic oxidation sites excluding steroid dienone is 2. The van der Waals surface area contributed by atoms with Gasteiger partial charge in [0, 0.05) is 13.5 Å². The normalized spacial score (nSPS) is 19.5. The van der Waals surface area contributed by atoms with Crippen molar-refractivity contribution in [2.75, 3.05) is 20.8 Å². The van der Waals surface area contributed by atoms with E-state index in [-0.39, 0.29) is 12.7 Å². The lowest BCUT2D eigenvalue weighted by atomic mass is 10.0. The Labute approximate surface area is 93.7 Å². The van der Waals surface area contributed by atoms with Gasteiger partial charge in [0.25, 0.3) is 0 Å². The van der Waals surface area contributed by atoms with Crippen molar-refractivity contribution in [2.24, 2.45) is 0 Å². The fraction of sp³-hybridized carbons (Fsp3) is 0.455. The molecular weight excluding hydrogens is 212 g/mol. The molecule has 0 spiro atoms. The van der Waals surface area contributed by atoms with E-state index in [2.05, 4.69) is 4.74 Å². The maximum atomic E-state index is 10.9. The van der Waals surface area contributed by atoms with Gasteiger partial charge in [0.05, 0.1) is 7.11 Å². The predicted octanol–water partition coefficient (Wildman–Crippen LogP) is 0.604. The fourth-order valence-corrected chi connectivity index (χ4v) is 1.31. The minimum Gasteiger partial charge on any atom is -0.483 e. The summed E-state index contributed by atoms with van der Waals surface area (Å²) in [5.74, 6) is 0.0689. The third kappa shape index (κ3) is 3.20. The molecule has 0 fully saturated rings. The molecule has 0 aromatic heterocycles. The molecule has 0 heterocycles. The van der Waals surface area contributed by atoms with Crippen molar-refractivity contribution >= 4 is 12.3 Å². The SMILES string of the molecule is COC(=O)COC1=CC=C(C=O)CC1OC. The molecule has 1 atom stereocenters.